The quantitative estimate of drug-likeness (QED) is 0.652. The maximum Gasteiger partial charge on any atom is 0.407 e. The molecule has 3 atom stereocenters. The van der Waals surface area contributed by atoms with Gasteiger partial charge in [-0.15, -0.1) is 5.10 Å². The van der Waals surface area contributed by atoms with Gasteiger partial charge >= 0.3 is 6.09 Å². The van der Waals surface area contributed by atoms with Crippen molar-refractivity contribution in [2.45, 2.75) is 57.6 Å². The highest BCUT2D eigenvalue weighted by Gasteiger charge is 2.30. The van der Waals surface area contributed by atoms with Crippen LogP contribution < -0.4 is 15.4 Å². The van der Waals surface area contributed by atoms with E-state index in [1.807, 2.05) is 19.9 Å². The number of carbonyl (C=O) groups excluding carboxylic acids is 2. The number of aromatic nitrogens is 4. The number of amides is 2. The van der Waals surface area contributed by atoms with E-state index in [0.29, 0.717) is 17.4 Å². The molecule has 2 aromatic heterocycles. The summed E-state index contributed by atoms with van der Waals surface area (Å²) in [5.41, 5.74) is 1.28. The first-order valence-corrected chi connectivity index (χ1v) is 9.81. The summed E-state index contributed by atoms with van der Waals surface area (Å²) in [5, 5.41) is 16.8. The first kappa shape index (κ1) is 20.7. The minimum atomic E-state index is -0.367. The molecule has 29 heavy (non-hydrogen) atoms. The number of anilines is 1. The van der Waals surface area contributed by atoms with Crippen molar-refractivity contribution in [3.05, 3.63) is 23.5 Å². The summed E-state index contributed by atoms with van der Waals surface area (Å²) < 4.78 is 12.0. The number of aryl methyl sites for hydroxylation is 1. The standard InChI is InChI=1S/C19H28N6O4/c1-5-11(2)20-19(27)29-13-7-6-12(8-13)14-9-16(23-22-14)21-18(26)15-10-17(28-4)24-25(15)3/h9-13H,5-8H2,1-4H3,(H,20,27)(H2,21,22,23,26). The molecule has 0 bridgehead atoms. The fraction of sp³-hybridized carbons (Fsp3) is 0.579. The molecule has 1 aliphatic rings. The predicted octanol–water partition coefficient (Wildman–Crippen LogP) is 2.56. The Bertz CT molecular complexity index is 861. The van der Waals surface area contributed by atoms with E-state index in [0.717, 1.165) is 31.4 Å². The summed E-state index contributed by atoms with van der Waals surface area (Å²) in [6, 6.07) is 3.47. The number of hydrogen-bond donors (Lipinski definition) is 3. The summed E-state index contributed by atoms with van der Waals surface area (Å²) in [5.74, 6) is 0.681. The molecular weight excluding hydrogens is 376 g/mol. The van der Waals surface area contributed by atoms with Gasteiger partial charge in [-0.3, -0.25) is 14.6 Å². The van der Waals surface area contributed by atoms with Crippen molar-refractivity contribution in [3.63, 3.8) is 0 Å². The predicted molar refractivity (Wildman–Crippen MR) is 106 cm³/mol. The van der Waals surface area contributed by atoms with Crippen molar-refractivity contribution < 1.29 is 19.1 Å². The average molecular weight is 404 g/mol. The zero-order chi connectivity index (χ0) is 21.0. The molecule has 0 aliphatic heterocycles. The smallest absolute Gasteiger partial charge is 0.407 e. The number of carbonyl (C=O) groups is 2. The molecular formula is C19H28N6O4. The average Bonchev–Trinajstić information content (AvgIpc) is 3.41. The number of H-pyrrole nitrogens is 1. The van der Waals surface area contributed by atoms with Crippen molar-refractivity contribution in [2.75, 3.05) is 12.4 Å². The number of ether oxygens (including phenoxy) is 2. The molecule has 1 aliphatic carbocycles. The zero-order valence-corrected chi connectivity index (χ0v) is 17.2. The van der Waals surface area contributed by atoms with E-state index in [1.165, 1.54) is 11.8 Å². The van der Waals surface area contributed by atoms with Gasteiger partial charge in [0, 0.05) is 36.8 Å². The molecule has 10 heteroatoms. The van der Waals surface area contributed by atoms with E-state index in [-0.39, 0.29) is 30.1 Å². The van der Waals surface area contributed by atoms with Gasteiger partial charge in [0.05, 0.1) is 7.11 Å². The molecule has 2 heterocycles. The van der Waals surface area contributed by atoms with Crippen LogP contribution in [0.4, 0.5) is 10.6 Å². The minimum Gasteiger partial charge on any atom is -0.480 e. The maximum atomic E-state index is 12.4. The molecule has 0 saturated heterocycles. The fourth-order valence-corrected chi connectivity index (χ4v) is 3.36. The molecule has 158 valence electrons. The SMILES string of the molecule is CCC(C)NC(=O)OC1CCC(c2cc(NC(=O)c3cc(OC)nn3C)n[nH]2)C1. The minimum absolute atomic E-state index is 0.0953. The molecule has 3 unspecified atom stereocenters. The second kappa shape index (κ2) is 8.97. The van der Waals surface area contributed by atoms with Crippen LogP contribution >= 0.6 is 0 Å². The lowest BCUT2D eigenvalue weighted by atomic mass is 10.0. The van der Waals surface area contributed by atoms with Crippen LogP contribution in [-0.4, -0.2) is 51.2 Å². The van der Waals surface area contributed by atoms with Crippen LogP contribution in [0.5, 0.6) is 5.88 Å². The van der Waals surface area contributed by atoms with Gasteiger partial charge in [0.2, 0.25) is 5.88 Å². The third-order valence-corrected chi connectivity index (χ3v) is 5.21. The summed E-state index contributed by atoms with van der Waals surface area (Å²) >= 11 is 0. The first-order chi connectivity index (χ1) is 13.9. The number of aromatic amines is 1. The summed E-state index contributed by atoms with van der Waals surface area (Å²) in [6.45, 7) is 3.96. The normalized spacial score (nSPS) is 19.6. The van der Waals surface area contributed by atoms with Crippen LogP contribution in [-0.2, 0) is 11.8 Å². The van der Waals surface area contributed by atoms with Gasteiger partial charge in [-0.2, -0.15) is 5.10 Å². The maximum absolute atomic E-state index is 12.4. The second-order valence-electron chi connectivity index (χ2n) is 7.35. The van der Waals surface area contributed by atoms with E-state index in [9.17, 15) is 9.59 Å². The van der Waals surface area contributed by atoms with Gasteiger partial charge in [-0.05, 0) is 32.6 Å². The second-order valence-corrected chi connectivity index (χ2v) is 7.35. The van der Waals surface area contributed by atoms with Gasteiger partial charge in [-0.1, -0.05) is 6.92 Å². The van der Waals surface area contributed by atoms with E-state index >= 15 is 0 Å². The Hall–Kier alpha value is -3.04. The van der Waals surface area contributed by atoms with E-state index < -0.39 is 0 Å². The molecule has 0 spiro atoms. The number of nitrogens with one attached hydrogen (secondary N) is 3. The number of methoxy groups -OCH3 is 1. The molecule has 1 saturated carbocycles. The third kappa shape index (κ3) is 5.07. The van der Waals surface area contributed by atoms with Crippen LogP contribution in [0, 0.1) is 0 Å². The van der Waals surface area contributed by atoms with Crippen LogP contribution in [0.1, 0.15) is 61.6 Å². The summed E-state index contributed by atoms with van der Waals surface area (Å²) in [4.78, 5) is 24.3. The Labute approximate surface area is 169 Å². The van der Waals surface area contributed by atoms with Crippen molar-refractivity contribution in [3.8, 4) is 5.88 Å². The molecule has 1 fully saturated rings. The van der Waals surface area contributed by atoms with Gasteiger partial charge < -0.3 is 20.1 Å². The highest BCUT2D eigenvalue weighted by molar-refractivity contribution is 6.02. The van der Waals surface area contributed by atoms with Crippen molar-refractivity contribution in [1.82, 2.24) is 25.3 Å². The molecule has 2 amide bonds. The molecule has 2 aromatic rings. The van der Waals surface area contributed by atoms with Gasteiger partial charge in [0.25, 0.3) is 5.91 Å². The van der Waals surface area contributed by atoms with E-state index in [4.69, 9.17) is 9.47 Å². The lowest BCUT2D eigenvalue weighted by Gasteiger charge is -2.16. The van der Waals surface area contributed by atoms with Crippen molar-refractivity contribution in [2.24, 2.45) is 7.05 Å². The highest BCUT2D eigenvalue weighted by Crippen LogP contribution is 2.35. The Morgan fingerprint density at radius 3 is 2.86 bits per heavy atom. The number of alkyl carbamates (subject to hydrolysis) is 1. The van der Waals surface area contributed by atoms with E-state index in [2.05, 4.69) is 25.9 Å². The highest BCUT2D eigenvalue weighted by atomic mass is 16.6. The molecule has 3 rings (SSSR count). The Morgan fingerprint density at radius 2 is 2.17 bits per heavy atom. The van der Waals surface area contributed by atoms with Crippen LogP contribution in [0.25, 0.3) is 0 Å². The number of hydrogen-bond acceptors (Lipinski definition) is 6. The van der Waals surface area contributed by atoms with Crippen LogP contribution in [0.3, 0.4) is 0 Å². The molecule has 3 N–H and O–H groups in total. The van der Waals surface area contributed by atoms with Gasteiger partial charge in [0.1, 0.15) is 11.8 Å². The first-order valence-electron chi connectivity index (χ1n) is 9.81. The largest absolute Gasteiger partial charge is 0.480 e. The number of nitrogens with zero attached hydrogens (tertiary/aromatic N) is 3. The Kier molecular flexibility index (Phi) is 6.40. The summed E-state index contributed by atoms with van der Waals surface area (Å²) in [6.07, 6.45) is 2.78. The Morgan fingerprint density at radius 1 is 1.38 bits per heavy atom. The fourth-order valence-electron chi connectivity index (χ4n) is 3.36. The molecule has 0 radical (unpaired) electrons. The lowest BCUT2D eigenvalue weighted by molar-refractivity contribution is 0.0972. The van der Waals surface area contributed by atoms with Crippen LogP contribution in [0.15, 0.2) is 12.1 Å². The zero-order valence-electron chi connectivity index (χ0n) is 17.2. The third-order valence-electron chi connectivity index (χ3n) is 5.21. The monoisotopic (exact) mass is 404 g/mol. The molecule has 0 aromatic carbocycles. The van der Waals surface area contributed by atoms with Crippen molar-refractivity contribution >= 4 is 17.8 Å². The lowest BCUT2D eigenvalue weighted by Crippen LogP contribution is -2.34. The number of rotatable bonds is 7. The van der Waals surface area contributed by atoms with Crippen LogP contribution in [0.2, 0.25) is 0 Å². The molecule has 10 nitrogen and oxygen atoms in total. The topological polar surface area (TPSA) is 123 Å². The van der Waals surface area contributed by atoms with Gasteiger partial charge in [-0.25, -0.2) is 4.79 Å². The van der Waals surface area contributed by atoms with Crippen molar-refractivity contribution in [1.29, 1.82) is 0 Å². The van der Waals surface area contributed by atoms with Gasteiger partial charge in [0.15, 0.2) is 5.82 Å². The Balaban J connectivity index is 1.54. The van der Waals surface area contributed by atoms with E-state index in [1.54, 1.807) is 13.1 Å². The summed E-state index contributed by atoms with van der Waals surface area (Å²) in [7, 11) is 3.17.